The van der Waals surface area contributed by atoms with Crippen molar-refractivity contribution in [2.24, 2.45) is 11.7 Å². The zero-order chi connectivity index (χ0) is 23.9. The van der Waals surface area contributed by atoms with E-state index in [2.05, 4.69) is 10.6 Å². The predicted molar refractivity (Wildman–Crippen MR) is 108 cm³/mol. The monoisotopic (exact) mass is 444 g/mol. The number of amides is 3. The second-order valence-electron chi connectivity index (χ2n) is 8.02. The van der Waals surface area contributed by atoms with E-state index >= 15 is 0 Å². The van der Waals surface area contributed by atoms with Crippen molar-refractivity contribution < 1.29 is 39.3 Å². The summed E-state index contributed by atoms with van der Waals surface area (Å²) in [5.74, 6) is -4.87. The highest BCUT2D eigenvalue weighted by atomic mass is 16.4. The average molecular weight is 444 g/mol. The highest BCUT2D eigenvalue weighted by Gasteiger charge is 2.39. The van der Waals surface area contributed by atoms with E-state index < -0.39 is 66.4 Å². The summed E-state index contributed by atoms with van der Waals surface area (Å²) in [5.41, 5.74) is 5.58. The molecule has 176 valence electrons. The van der Waals surface area contributed by atoms with Gasteiger partial charge in [0.05, 0.1) is 6.10 Å². The number of hydrogen-bond donors (Lipinski definition) is 6. The van der Waals surface area contributed by atoms with Crippen molar-refractivity contribution in [2.45, 2.75) is 76.7 Å². The summed E-state index contributed by atoms with van der Waals surface area (Å²) in [5, 5.41) is 32.5. The third-order valence-electron chi connectivity index (χ3n) is 5.15. The van der Waals surface area contributed by atoms with Gasteiger partial charge in [0, 0.05) is 13.0 Å². The fourth-order valence-corrected chi connectivity index (χ4v) is 3.28. The molecule has 1 aliphatic heterocycles. The molecule has 0 aromatic carbocycles. The number of aliphatic hydroxyl groups is 1. The van der Waals surface area contributed by atoms with E-state index in [1.165, 1.54) is 11.8 Å². The molecule has 0 saturated carbocycles. The smallest absolute Gasteiger partial charge is 0.326 e. The van der Waals surface area contributed by atoms with E-state index in [1.807, 2.05) is 0 Å². The summed E-state index contributed by atoms with van der Waals surface area (Å²) in [6.45, 7) is 4.77. The van der Waals surface area contributed by atoms with Gasteiger partial charge in [-0.1, -0.05) is 13.8 Å². The number of nitrogens with zero attached hydrogens (tertiary/aromatic N) is 1. The van der Waals surface area contributed by atoms with Crippen LogP contribution in [0.2, 0.25) is 0 Å². The van der Waals surface area contributed by atoms with E-state index in [4.69, 9.17) is 10.8 Å². The van der Waals surface area contributed by atoms with E-state index in [1.54, 1.807) is 13.8 Å². The van der Waals surface area contributed by atoms with Crippen LogP contribution >= 0.6 is 0 Å². The Labute approximate surface area is 180 Å². The van der Waals surface area contributed by atoms with Crippen LogP contribution in [0.1, 0.15) is 46.5 Å². The first-order valence-electron chi connectivity index (χ1n) is 10.2. The van der Waals surface area contributed by atoms with Crippen molar-refractivity contribution in [3.63, 3.8) is 0 Å². The van der Waals surface area contributed by atoms with Gasteiger partial charge in [0.15, 0.2) is 0 Å². The first-order valence-corrected chi connectivity index (χ1v) is 10.2. The van der Waals surface area contributed by atoms with Crippen LogP contribution in [0.15, 0.2) is 0 Å². The van der Waals surface area contributed by atoms with Gasteiger partial charge >= 0.3 is 11.9 Å². The molecule has 12 heteroatoms. The molecule has 7 N–H and O–H groups in total. The third kappa shape index (κ3) is 7.47. The molecule has 0 aliphatic carbocycles. The molecule has 0 bridgehead atoms. The van der Waals surface area contributed by atoms with Gasteiger partial charge in [0.25, 0.3) is 0 Å². The Bertz CT molecular complexity index is 696. The number of nitrogens with one attached hydrogen (secondary N) is 2. The fourth-order valence-electron chi connectivity index (χ4n) is 3.28. The predicted octanol–water partition coefficient (Wildman–Crippen LogP) is -1.74. The quantitative estimate of drug-likeness (QED) is 0.214. The number of hydrogen-bond acceptors (Lipinski definition) is 7. The van der Waals surface area contributed by atoms with E-state index in [-0.39, 0.29) is 18.9 Å². The molecule has 31 heavy (non-hydrogen) atoms. The summed E-state index contributed by atoms with van der Waals surface area (Å²) in [7, 11) is 0. The van der Waals surface area contributed by atoms with Crippen molar-refractivity contribution in [1.29, 1.82) is 0 Å². The summed E-state index contributed by atoms with van der Waals surface area (Å²) >= 11 is 0. The van der Waals surface area contributed by atoms with Crippen molar-refractivity contribution in [1.82, 2.24) is 15.5 Å². The molecular weight excluding hydrogens is 412 g/mol. The number of nitrogens with two attached hydrogens (primary N) is 1. The minimum absolute atomic E-state index is 0.193. The van der Waals surface area contributed by atoms with Gasteiger partial charge in [0.2, 0.25) is 17.7 Å². The molecular formula is C19H32N4O8. The molecule has 5 atom stereocenters. The van der Waals surface area contributed by atoms with Gasteiger partial charge < -0.3 is 36.6 Å². The Kier molecular flexibility index (Phi) is 9.85. The molecule has 0 radical (unpaired) electrons. The summed E-state index contributed by atoms with van der Waals surface area (Å²) in [4.78, 5) is 61.5. The fraction of sp³-hybridized carbons (Fsp3) is 0.737. The number of aliphatic carboxylic acids is 2. The number of carboxylic acids is 2. The van der Waals surface area contributed by atoms with Crippen LogP contribution in [0.3, 0.4) is 0 Å². The Morgan fingerprint density at radius 3 is 2.19 bits per heavy atom. The summed E-state index contributed by atoms with van der Waals surface area (Å²) in [6.07, 6.45) is -1.06. The number of carbonyl (C=O) groups is 5. The second-order valence-corrected chi connectivity index (χ2v) is 8.02. The first-order chi connectivity index (χ1) is 14.4. The normalized spacial score (nSPS) is 19.9. The molecule has 0 aromatic rings. The minimum atomic E-state index is -1.32. The molecule has 1 heterocycles. The van der Waals surface area contributed by atoms with Crippen molar-refractivity contribution in [2.75, 3.05) is 6.54 Å². The third-order valence-corrected chi connectivity index (χ3v) is 5.15. The van der Waals surface area contributed by atoms with Gasteiger partial charge in [-0.3, -0.25) is 19.2 Å². The zero-order valence-electron chi connectivity index (χ0n) is 17.9. The largest absolute Gasteiger partial charge is 0.481 e. The molecule has 3 amide bonds. The summed E-state index contributed by atoms with van der Waals surface area (Å²) < 4.78 is 0. The molecule has 1 fully saturated rings. The minimum Gasteiger partial charge on any atom is -0.481 e. The van der Waals surface area contributed by atoms with Crippen molar-refractivity contribution in [3.05, 3.63) is 0 Å². The van der Waals surface area contributed by atoms with Gasteiger partial charge in [-0.2, -0.15) is 0 Å². The Morgan fingerprint density at radius 2 is 1.71 bits per heavy atom. The molecule has 1 saturated heterocycles. The molecule has 5 unspecified atom stereocenters. The lowest BCUT2D eigenvalue weighted by molar-refractivity contribution is -0.146. The molecule has 0 aromatic heterocycles. The average Bonchev–Trinajstić information content (AvgIpc) is 3.16. The number of carbonyl (C=O) groups excluding carboxylic acids is 3. The lowest BCUT2D eigenvalue weighted by atomic mass is 10.0. The number of rotatable bonds is 11. The van der Waals surface area contributed by atoms with Crippen LogP contribution in [-0.2, 0) is 24.0 Å². The van der Waals surface area contributed by atoms with Gasteiger partial charge in [-0.05, 0) is 32.1 Å². The van der Waals surface area contributed by atoms with Crippen LogP contribution in [0.4, 0.5) is 0 Å². The van der Waals surface area contributed by atoms with E-state index in [0.29, 0.717) is 12.8 Å². The number of likely N-dealkylation sites (tertiary alicyclic amines) is 1. The van der Waals surface area contributed by atoms with Gasteiger partial charge in [-0.15, -0.1) is 0 Å². The molecule has 1 rings (SSSR count). The van der Waals surface area contributed by atoms with Crippen molar-refractivity contribution in [3.8, 4) is 0 Å². The maximum Gasteiger partial charge on any atom is 0.326 e. The summed E-state index contributed by atoms with van der Waals surface area (Å²) in [6, 6.07) is -4.65. The van der Waals surface area contributed by atoms with Crippen LogP contribution in [0.5, 0.6) is 0 Å². The zero-order valence-corrected chi connectivity index (χ0v) is 17.9. The molecule has 12 nitrogen and oxygen atoms in total. The SMILES string of the molecule is CC(C)C(NC(=O)C1CCCN1C(=O)C(CCC(=O)O)NC(=O)C(N)C(C)O)C(=O)O. The van der Waals surface area contributed by atoms with Gasteiger partial charge in [0.1, 0.15) is 24.2 Å². The molecule has 0 spiro atoms. The van der Waals surface area contributed by atoms with E-state index in [0.717, 1.165) is 0 Å². The van der Waals surface area contributed by atoms with Crippen LogP contribution in [-0.4, -0.2) is 86.7 Å². The van der Waals surface area contributed by atoms with Crippen LogP contribution in [0.25, 0.3) is 0 Å². The highest BCUT2D eigenvalue weighted by molar-refractivity contribution is 5.94. The standard InChI is InChI=1S/C19H32N4O8/c1-9(2)15(19(30)31)22-16(27)12-5-4-8-23(12)18(29)11(6-7-13(25)26)21-17(28)14(20)10(3)24/h9-12,14-15,24H,4-8,20H2,1-3H3,(H,21,28)(H,22,27)(H,25,26)(H,30,31). The maximum absolute atomic E-state index is 13.1. The van der Waals surface area contributed by atoms with Crippen LogP contribution in [0, 0.1) is 5.92 Å². The number of carboxylic acid groups (broad SMARTS) is 2. The topological polar surface area (TPSA) is 199 Å². The Hall–Kier alpha value is -2.73. The molecule has 1 aliphatic rings. The maximum atomic E-state index is 13.1. The van der Waals surface area contributed by atoms with Crippen LogP contribution < -0.4 is 16.4 Å². The Balaban J connectivity index is 2.99. The lowest BCUT2D eigenvalue weighted by Gasteiger charge is -2.30. The van der Waals surface area contributed by atoms with Gasteiger partial charge in [-0.25, -0.2) is 4.79 Å². The lowest BCUT2D eigenvalue weighted by Crippen LogP contribution is -2.58. The Morgan fingerprint density at radius 1 is 1.10 bits per heavy atom. The second kappa shape index (κ2) is 11.6. The highest BCUT2D eigenvalue weighted by Crippen LogP contribution is 2.20. The first kappa shape index (κ1) is 26.3. The number of aliphatic hydroxyl groups excluding tert-OH is 1. The van der Waals surface area contributed by atoms with E-state index in [9.17, 15) is 34.2 Å². The van der Waals surface area contributed by atoms with Crippen molar-refractivity contribution >= 4 is 29.7 Å².